The lowest BCUT2D eigenvalue weighted by molar-refractivity contribution is -0.148. The van der Waals surface area contributed by atoms with E-state index in [1.165, 1.54) is 4.90 Å². The lowest BCUT2D eigenvalue weighted by Crippen LogP contribution is -2.41. The van der Waals surface area contributed by atoms with Gasteiger partial charge in [-0.15, -0.1) is 0 Å². The Morgan fingerprint density at radius 2 is 1.44 bits per heavy atom. The summed E-state index contributed by atoms with van der Waals surface area (Å²) in [5.41, 5.74) is 1.79. The normalized spacial score (nSPS) is 20.1. The molecule has 1 atom stereocenters. The van der Waals surface area contributed by atoms with Crippen molar-refractivity contribution in [1.29, 1.82) is 0 Å². The summed E-state index contributed by atoms with van der Waals surface area (Å²) < 4.78 is 0. The molecule has 2 fully saturated rings. The fourth-order valence-electron chi connectivity index (χ4n) is 3.63. The summed E-state index contributed by atoms with van der Waals surface area (Å²) in [6.45, 7) is 2.22. The third-order valence-corrected chi connectivity index (χ3v) is 5.05. The molecule has 0 aliphatic carbocycles. The zero-order valence-electron chi connectivity index (χ0n) is 14.3. The standard InChI is InChI=1S/C19H24N2O4/c22-17(20-9-1-2-10-20)12-14-5-7-15(8-6-14)13-18(23)21-11-3-4-16(21)19(24)25/h5-8,16H,1-4,9-13H2,(H,24,25)/t16-/m1/s1. The molecule has 6 nitrogen and oxygen atoms in total. The second-order valence-corrected chi connectivity index (χ2v) is 6.84. The molecule has 6 heteroatoms. The van der Waals surface area contributed by atoms with Gasteiger partial charge in [0.05, 0.1) is 12.8 Å². The lowest BCUT2D eigenvalue weighted by atomic mass is 10.1. The summed E-state index contributed by atoms with van der Waals surface area (Å²) in [5, 5.41) is 9.18. The molecule has 0 aromatic heterocycles. The van der Waals surface area contributed by atoms with Gasteiger partial charge in [0.1, 0.15) is 6.04 Å². The molecule has 3 rings (SSSR count). The van der Waals surface area contributed by atoms with Crippen LogP contribution in [-0.4, -0.2) is 58.4 Å². The van der Waals surface area contributed by atoms with Crippen LogP contribution in [0.2, 0.25) is 0 Å². The minimum atomic E-state index is -0.929. The molecule has 1 aromatic carbocycles. The highest BCUT2D eigenvalue weighted by molar-refractivity contribution is 5.85. The van der Waals surface area contributed by atoms with Crippen LogP contribution in [0.1, 0.15) is 36.8 Å². The molecule has 1 aromatic rings. The first-order valence-electron chi connectivity index (χ1n) is 8.92. The Hall–Kier alpha value is -2.37. The van der Waals surface area contributed by atoms with E-state index < -0.39 is 12.0 Å². The third-order valence-electron chi connectivity index (χ3n) is 5.05. The minimum Gasteiger partial charge on any atom is -0.480 e. The zero-order valence-corrected chi connectivity index (χ0v) is 14.3. The van der Waals surface area contributed by atoms with Crippen LogP contribution in [0.25, 0.3) is 0 Å². The Labute approximate surface area is 147 Å². The van der Waals surface area contributed by atoms with E-state index in [9.17, 15) is 19.5 Å². The van der Waals surface area contributed by atoms with Gasteiger partial charge >= 0.3 is 5.97 Å². The number of carboxylic acid groups (broad SMARTS) is 1. The molecule has 1 N–H and O–H groups in total. The number of aliphatic carboxylic acids is 1. The highest BCUT2D eigenvalue weighted by Crippen LogP contribution is 2.19. The predicted molar refractivity (Wildman–Crippen MR) is 92.0 cm³/mol. The van der Waals surface area contributed by atoms with Crippen molar-refractivity contribution < 1.29 is 19.5 Å². The number of carbonyl (C=O) groups excluding carboxylic acids is 2. The van der Waals surface area contributed by atoms with Crippen LogP contribution in [0.15, 0.2) is 24.3 Å². The fourth-order valence-corrected chi connectivity index (χ4v) is 3.63. The van der Waals surface area contributed by atoms with E-state index in [2.05, 4.69) is 0 Å². The van der Waals surface area contributed by atoms with E-state index in [4.69, 9.17) is 0 Å². The maximum atomic E-state index is 12.4. The van der Waals surface area contributed by atoms with Crippen LogP contribution in [0.3, 0.4) is 0 Å². The van der Waals surface area contributed by atoms with Crippen LogP contribution >= 0.6 is 0 Å². The number of carboxylic acids is 1. The van der Waals surface area contributed by atoms with Gasteiger partial charge in [0.25, 0.3) is 0 Å². The van der Waals surface area contributed by atoms with Crippen LogP contribution in [-0.2, 0) is 27.2 Å². The molecule has 2 aliphatic rings. The second kappa shape index (κ2) is 7.68. The van der Waals surface area contributed by atoms with Crippen LogP contribution < -0.4 is 0 Å². The topological polar surface area (TPSA) is 77.9 Å². The first-order valence-corrected chi connectivity index (χ1v) is 8.92. The Bertz CT molecular complexity index is 650. The van der Waals surface area contributed by atoms with Gasteiger partial charge in [0.15, 0.2) is 0 Å². The summed E-state index contributed by atoms with van der Waals surface area (Å²) in [6.07, 6.45) is 4.02. The number of likely N-dealkylation sites (tertiary alicyclic amines) is 2. The molecule has 0 bridgehead atoms. The average Bonchev–Trinajstić information content (AvgIpc) is 3.28. The van der Waals surface area contributed by atoms with Crippen molar-refractivity contribution in [1.82, 2.24) is 9.80 Å². The monoisotopic (exact) mass is 344 g/mol. The van der Waals surface area contributed by atoms with Gasteiger partial charge in [0, 0.05) is 19.6 Å². The van der Waals surface area contributed by atoms with Crippen molar-refractivity contribution in [2.45, 2.75) is 44.6 Å². The fraction of sp³-hybridized carbons (Fsp3) is 0.526. The Morgan fingerprint density at radius 3 is 2.00 bits per heavy atom. The van der Waals surface area contributed by atoms with Gasteiger partial charge in [-0.1, -0.05) is 24.3 Å². The van der Waals surface area contributed by atoms with Crippen molar-refractivity contribution in [3.8, 4) is 0 Å². The quantitative estimate of drug-likeness (QED) is 0.877. The summed E-state index contributed by atoms with van der Waals surface area (Å²) in [7, 11) is 0. The van der Waals surface area contributed by atoms with Crippen molar-refractivity contribution >= 4 is 17.8 Å². The Morgan fingerprint density at radius 1 is 0.880 bits per heavy atom. The molecule has 0 spiro atoms. The highest BCUT2D eigenvalue weighted by Gasteiger charge is 2.33. The van der Waals surface area contributed by atoms with Gasteiger partial charge in [-0.2, -0.15) is 0 Å². The van der Waals surface area contributed by atoms with Crippen LogP contribution in [0.4, 0.5) is 0 Å². The number of amides is 2. The van der Waals surface area contributed by atoms with Crippen LogP contribution in [0.5, 0.6) is 0 Å². The summed E-state index contributed by atoms with van der Waals surface area (Å²) in [4.78, 5) is 39.1. The van der Waals surface area contributed by atoms with Gasteiger partial charge in [0.2, 0.25) is 11.8 Å². The van der Waals surface area contributed by atoms with E-state index in [1.807, 2.05) is 29.2 Å². The number of hydrogen-bond acceptors (Lipinski definition) is 3. The summed E-state index contributed by atoms with van der Waals surface area (Å²) in [6, 6.07) is 6.79. The van der Waals surface area contributed by atoms with Gasteiger partial charge in [-0.05, 0) is 36.8 Å². The largest absolute Gasteiger partial charge is 0.480 e. The zero-order chi connectivity index (χ0) is 17.8. The van der Waals surface area contributed by atoms with Crippen molar-refractivity contribution in [3.05, 3.63) is 35.4 Å². The van der Waals surface area contributed by atoms with Crippen molar-refractivity contribution in [2.75, 3.05) is 19.6 Å². The lowest BCUT2D eigenvalue weighted by Gasteiger charge is -2.21. The predicted octanol–water partition coefficient (Wildman–Crippen LogP) is 1.47. The Kier molecular flexibility index (Phi) is 5.36. The molecule has 134 valence electrons. The van der Waals surface area contributed by atoms with Gasteiger partial charge in [-0.3, -0.25) is 9.59 Å². The maximum Gasteiger partial charge on any atom is 0.326 e. The first-order chi connectivity index (χ1) is 12.0. The average molecular weight is 344 g/mol. The number of hydrogen-bond donors (Lipinski definition) is 1. The van der Waals surface area contributed by atoms with E-state index in [1.54, 1.807) is 0 Å². The second-order valence-electron chi connectivity index (χ2n) is 6.84. The SMILES string of the molecule is O=C(O)[C@H]1CCCN1C(=O)Cc1ccc(CC(=O)N2CCCC2)cc1. The molecule has 0 saturated carbocycles. The van der Waals surface area contributed by atoms with E-state index >= 15 is 0 Å². The van der Waals surface area contributed by atoms with Crippen LogP contribution in [0, 0.1) is 0 Å². The van der Waals surface area contributed by atoms with E-state index in [-0.39, 0.29) is 18.2 Å². The highest BCUT2D eigenvalue weighted by atomic mass is 16.4. The Balaban J connectivity index is 1.56. The first kappa shape index (κ1) is 17.5. The number of nitrogens with zero attached hydrogens (tertiary/aromatic N) is 2. The minimum absolute atomic E-state index is 0.147. The molecular formula is C19H24N2O4. The maximum absolute atomic E-state index is 12.4. The molecule has 0 unspecified atom stereocenters. The molecule has 25 heavy (non-hydrogen) atoms. The van der Waals surface area contributed by atoms with E-state index in [0.717, 1.165) is 43.5 Å². The molecule has 2 amide bonds. The van der Waals surface area contributed by atoms with Gasteiger partial charge < -0.3 is 14.9 Å². The summed E-state index contributed by atoms with van der Waals surface area (Å²) >= 11 is 0. The molecule has 2 aliphatic heterocycles. The van der Waals surface area contributed by atoms with E-state index in [0.29, 0.717) is 19.4 Å². The number of benzene rings is 1. The smallest absolute Gasteiger partial charge is 0.326 e. The molecule has 2 saturated heterocycles. The summed E-state index contributed by atoms with van der Waals surface area (Å²) in [5.74, 6) is -0.921. The number of carbonyl (C=O) groups is 3. The number of rotatable bonds is 5. The van der Waals surface area contributed by atoms with Gasteiger partial charge in [-0.25, -0.2) is 4.79 Å². The third kappa shape index (κ3) is 4.18. The molecule has 2 heterocycles. The molecular weight excluding hydrogens is 320 g/mol. The molecule has 0 radical (unpaired) electrons. The van der Waals surface area contributed by atoms with Crippen molar-refractivity contribution in [2.24, 2.45) is 0 Å². The van der Waals surface area contributed by atoms with Crippen molar-refractivity contribution in [3.63, 3.8) is 0 Å².